The first kappa shape index (κ1) is 15.5. The Kier molecular flexibility index (Phi) is 5.93. The van der Waals surface area contributed by atoms with Gasteiger partial charge >= 0.3 is 0 Å². The van der Waals surface area contributed by atoms with Crippen molar-refractivity contribution in [3.63, 3.8) is 0 Å². The van der Waals surface area contributed by atoms with E-state index in [4.69, 9.17) is 9.11 Å². The summed E-state index contributed by atoms with van der Waals surface area (Å²) in [5.74, 6) is -0.792. The van der Waals surface area contributed by atoms with Crippen molar-refractivity contribution in [3.05, 3.63) is 0 Å². The molecule has 0 aliphatic rings. The number of hydrogen-bond donors (Lipinski definition) is 4. The van der Waals surface area contributed by atoms with E-state index in [-0.39, 0.29) is 12.2 Å². The van der Waals surface area contributed by atoms with Crippen LogP contribution < -0.4 is 0 Å². The van der Waals surface area contributed by atoms with Gasteiger partial charge in [-0.1, -0.05) is 0 Å². The Balaban J connectivity index is 4.50. The predicted molar refractivity (Wildman–Crippen MR) is 63.0 cm³/mol. The fraction of sp³-hybridized carbons (Fsp3) is 1.00. The molecule has 2 N–H and O–H groups in total. The quantitative estimate of drug-likeness (QED) is 0.397. The first-order valence-corrected chi connectivity index (χ1v) is 8.04. The highest BCUT2D eigenvalue weighted by atomic mass is 32.2. The second-order valence-corrected chi connectivity index (χ2v) is 7.11. The van der Waals surface area contributed by atoms with Gasteiger partial charge in [0, 0.05) is 11.0 Å². The molecule has 0 saturated heterocycles. The average Bonchev–Trinajstić information content (AvgIpc) is 1.98. The van der Waals surface area contributed by atoms with Gasteiger partial charge in [0.1, 0.15) is 5.25 Å². The zero-order valence-electron chi connectivity index (χ0n) is 7.51. The van der Waals surface area contributed by atoms with Gasteiger partial charge in [0.05, 0.1) is 5.75 Å². The van der Waals surface area contributed by atoms with Crippen LogP contribution in [0.3, 0.4) is 0 Å². The van der Waals surface area contributed by atoms with Crippen LogP contribution in [0.2, 0.25) is 0 Å². The number of thiol groups is 2. The van der Waals surface area contributed by atoms with E-state index in [1.165, 1.54) is 0 Å². The Morgan fingerprint density at radius 2 is 1.60 bits per heavy atom. The van der Waals surface area contributed by atoms with Gasteiger partial charge in [-0.25, -0.2) is 0 Å². The Bertz CT molecular complexity index is 384. The summed E-state index contributed by atoms with van der Waals surface area (Å²) < 4.78 is 59.5. The second kappa shape index (κ2) is 5.73. The summed E-state index contributed by atoms with van der Waals surface area (Å²) in [6.45, 7) is 0. The van der Waals surface area contributed by atoms with Gasteiger partial charge in [-0.2, -0.15) is 42.1 Å². The zero-order chi connectivity index (χ0) is 12.3. The van der Waals surface area contributed by atoms with Crippen molar-refractivity contribution in [1.82, 2.24) is 0 Å². The van der Waals surface area contributed by atoms with E-state index in [9.17, 15) is 16.8 Å². The Morgan fingerprint density at radius 3 is 1.87 bits per heavy atom. The highest BCUT2D eigenvalue weighted by Gasteiger charge is 2.29. The highest BCUT2D eigenvalue weighted by Crippen LogP contribution is 2.16. The molecule has 92 valence electrons. The number of hydrogen-bond acceptors (Lipinski definition) is 6. The van der Waals surface area contributed by atoms with Crippen LogP contribution in [-0.2, 0) is 20.2 Å². The average molecular weight is 296 g/mol. The summed E-state index contributed by atoms with van der Waals surface area (Å²) in [7, 11) is -8.47. The van der Waals surface area contributed by atoms with Crippen LogP contribution in [0, 0.1) is 0 Å². The van der Waals surface area contributed by atoms with Gasteiger partial charge in [-0.05, 0) is 6.42 Å². The lowest BCUT2D eigenvalue weighted by Gasteiger charge is -2.17. The fourth-order valence-electron chi connectivity index (χ4n) is 0.870. The van der Waals surface area contributed by atoms with Crippen molar-refractivity contribution in [3.8, 4) is 0 Å². The third-order valence-electron chi connectivity index (χ3n) is 1.66. The minimum atomic E-state index is -4.31. The molecular weight excluding hydrogens is 284 g/mol. The molecule has 15 heavy (non-hydrogen) atoms. The molecule has 0 bridgehead atoms. The maximum atomic E-state index is 10.8. The summed E-state index contributed by atoms with van der Waals surface area (Å²) in [5.41, 5.74) is 0. The standard InChI is InChI=1S/C5H12O6S4/c6-14(7,8)2-1-4(13)5(3-12)15(9,10)11/h4-5,12-13H,1-3H2,(H,6,7,8)(H,9,10,11). The molecule has 2 atom stereocenters. The van der Waals surface area contributed by atoms with E-state index in [2.05, 4.69) is 25.3 Å². The van der Waals surface area contributed by atoms with E-state index >= 15 is 0 Å². The Morgan fingerprint density at radius 1 is 1.13 bits per heavy atom. The molecule has 0 rings (SSSR count). The summed E-state index contributed by atoms with van der Waals surface area (Å²) in [6.07, 6.45) is -0.188. The number of rotatable bonds is 6. The monoisotopic (exact) mass is 296 g/mol. The van der Waals surface area contributed by atoms with Gasteiger partial charge in [0.2, 0.25) is 0 Å². The molecule has 10 heteroatoms. The van der Waals surface area contributed by atoms with Crippen LogP contribution in [0.5, 0.6) is 0 Å². The van der Waals surface area contributed by atoms with E-state index in [1.807, 2.05) is 0 Å². The van der Waals surface area contributed by atoms with Crippen molar-refractivity contribution in [2.24, 2.45) is 0 Å². The highest BCUT2D eigenvalue weighted by molar-refractivity contribution is 7.90. The summed E-state index contributed by atoms with van der Waals surface area (Å²) in [4.78, 5) is 0. The smallest absolute Gasteiger partial charge is 0.269 e. The zero-order valence-corrected chi connectivity index (χ0v) is 10.9. The van der Waals surface area contributed by atoms with Gasteiger partial charge in [0.25, 0.3) is 20.2 Å². The molecule has 0 aliphatic carbocycles. The summed E-state index contributed by atoms with van der Waals surface area (Å²) in [5, 5.41) is -2.16. The normalized spacial score (nSPS) is 17.3. The first-order valence-electron chi connectivity index (χ1n) is 3.78. The molecule has 0 aromatic rings. The van der Waals surface area contributed by atoms with Crippen molar-refractivity contribution in [2.45, 2.75) is 16.9 Å². The van der Waals surface area contributed by atoms with Crippen LogP contribution in [0.1, 0.15) is 6.42 Å². The molecule has 0 aromatic carbocycles. The van der Waals surface area contributed by atoms with Crippen molar-refractivity contribution in [1.29, 1.82) is 0 Å². The molecule has 0 spiro atoms. The minimum Gasteiger partial charge on any atom is -0.286 e. The van der Waals surface area contributed by atoms with E-state index in [1.54, 1.807) is 0 Å². The molecule has 0 aliphatic heterocycles. The second-order valence-electron chi connectivity index (χ2n) is 2.88. The fourth-order valence-corrected chi connectivity index (χ4v) is 4.00. The van der Waals surface area contributed by atoms with Crippen LogP contribution in [0.4, 0.5) is 0 Å². The Labute approximate surface area is 99.8 Å². The lowest BCUT2D eigenvalue weighted by atomic mass is 10.2. The first-order chi connectivity index (χ1) is 6.58. The molecule has 0 saturated carbocycles. The molecule has 0 amide bonds. The van der Waals surface area contributed by atoms with Gasteiger partial charge < -0.3 is 0 Å². The molecule has 0 fully saturated rings. The molecular formula is C5H12O6S4. The van der Waals surface area contributed by atoms with Crippen LogP contribution >= 0.6 is 25.3 Å². The lowest BCUT2D eigenvalue weighted by Crippen LogP contribution is -2.33. The SMILES string of the molecule is O=S(=O)(O)CCC(S)C(CS)S(=O)(=O)O. The van der Waals surface area contributed by atoms with Crippen molar-refractivity contribution < 1.29 is 25.9 Å². The van der Waals surface area contributed by atoms with Crippen LogP contribution in [0.25, 0.3) is 0 Å². The molecule has 2 unspecified atom stereocenters. The third kappa shape index (κ3) is 6.64. The molecule has 0 heterocycles. The third-order valence-corrected chi connectivity index (χ3v) is 5.14. The largest absolute Gasteiger partial charge is 0.286 e. The maximum Gasteiger partial charge on any atom is 0.269 e. The molecule has 0 radical (unpaired) electrons. The van der Waals surface area contributed by atoms with Gasteiger partial charge in [-0.15, -0.1) is 0 Å². The van der Waals surface area contributed by atoms with E-state index in [0.29, 0.717) is 0 Å². The summed E-state index contributed by atoms with van der Waals surface area (Å²) in [6, 6.07) is 0. The van der Waals surface area contributed by atoms with Crippen molar-refractivity contribution in [2.75, 3.05) is 11.5 Å². The summed E-state index contributed by atoms with van der Waals surface area (Å²) >= 11 is 7.56. The molecule has 0 aromatic heterocycles. The topological polar surface area (TPSA) is 109 Å². The minimum absolute atomic E-state index is 0.182. The van der Waals surface area contributed by atoms with Gasteiger partial charge in [0.15, 0.2) is 0 Å². The van der Waals surface area contributed by atoms with Gasteiger partial charge in [-0.3, -0.25) is 9.11 Å². The van der Waals surface area contributed by atoms with E-state index in [0.717, 1.165) is 0 Å². The predicted octanol–water partition coefficient (Wildman–Crippen LogP) is -0.251. The molecule has 6 nitrogen and oxygen atoms in total. The van der Waals surface area contributed by atoms with E-state index < -0.39 is 36.5 Å². The lowest BCUT2D eigenvalue weighted by molar-refractivity contribution is 0.463. The van der Waals surface area contributed by atoms with Crippen molar-refractivity contribution >= 4 is 45.5 Å². The van der Waals surface area contributed by atoms with Crippen LogP contribution in [-0.4, -0.2) is 47.9 Å². The van der Waals surface area contributed by atoms with Crippen LogP contribution in [0.15, 0.2) is 0 Å². The Hall–Kier alpha value is 0.520. The maximum absolute atomic E-state index is 10.8.